The summed E-state index contributed by atoms with van der Waals surface area (Å²) in [5, 5.41) is 4.03. The lowest BCUT2D eigenvalue weighted by molar-refractivity contribution is 0.102. The first-order valence-electron chi connectivity index (χ1n) is 8.48. The lowest BCUT2D eigenvalue weighted by Gasteiger charge is -2.18. The molecular formula is C21H17Cl3N2O2. The molecule has 0 atom stereocenters. The van der Waals surface area contributed by atoms with E-state index in [4.69, 9.17) is 34.8 Å². The number of benzene rings is 2. The molecule has 144 valence electrons. The predicted octanol–water partition coefficient (Wildman–Crippen LogP) is 5.73. The Kier molecular flexibility index (Phi) is 6.14. The lowest BCUT2D eigenvalue weighted by atomic mass is 10.1. The van der Waals surface area contributed by atoms with Crippen LogP contribution in [-0.4, -0.2) is 10.5 Å². The molecule has 28 heavy (non-hydrogen) atoms. The van der Waals surface area contributed by atoms with Crippen molar-refractivity contribution in [2.75, 3.05) is 5.32 Å². The Balaban J connectivity index is 1.99. The number of amides is 1. The highest BCUT2D eigenvalue weighted by atomic mass is 35.5. The predicted molar refractivity (Wildman–Crippen MR) is 115 cm³/mol. The normalized spacial score (nSPS) is 10.8. The van der Waals surface area contributed by atoms with Gasteiger partial charge in [0.2, 0.25) is 0 Å². The average Bonchev–Trinajstić information content (AvgIpc) is 2.63. The van der Waals surface area contributed by atoms with Gasteiger partial charge in [0, 0.05) is 24.0 Å². The molecule has 3 rings (SSSR count). The van der Waals surface area contributed by atoms with Gasteiger partial charge in [-0.05, 0) is 43.7 Å². The molecule has 0 bridgehead atoms. The summed E-state index contributed by atoms with van der Waals surface area (Å²) in [5.41, 5.74) is 2.38. The number of carbonyl (C=O) groups is 1. The number of nitrogens with zero attached hydrogens (tertiary/aromatic N) is 1. The van der Waals surface area contributed by atoms with Gasteiger partial charge >= 0.3 is 0 Å². The third kappa shape index (κ3) is 4.25. The van der Waals surface area contributed by atoms with E-state index in [0.29, 0.717) is 33.0 Å². The van der Waals surface area contributed by atoms with Crippen LogP contribution in [0, 0.1) is 13.8 Å². The van der Waals surface area contributed by atoms with Crippen molar-refractivity contribution in [3.05, 3.63) is 96.3 Å². The van der Waals surface area contributed by atoms with Gasteiger partial charge in [0.05, 0.1) is 20.8 Å². The van der Waals surface area contributed by atoms with E-state index >= 15 is 0 Å². The minimum atomic E-state index is -0.501. The number of nitrogens with one attached hydrogen (secondary N) is 1. The minimum absolute atomic E-state index is 0.0746. The fraction of sp³-hybridized carbons (Fsp3) is 0.143. The lowest BCUT2D eigenvalue weighted by Crippen LogP contribution is -2.27. The van der Waals surface area contributed by atoms with Crippen molar-refractivity contribution < 1.29 is 4.79 Å². The van der Waals surface area contributed by atoms with Crippen LogP contribution in [0.1, 0.15) is 27.3 Å². The third-order valence-corrected chi connectivity index (χ3v) is 5.52. The third-order valence-electron chi connectivity index (χ3n) is 4.45. The highest BCUT2D eigenvalue weighted by molar-refractivity contribution is 6.42. The zero-order valence-corrected chi connectivity index (χ0v) is 17.5. The van der Waals surface area contributed by atoms with Gasteiger partial charge in [0.15, 0.2) is 5.43 Å². The Morgan fingerprint density at radius 1 is 0.964 bits per heavy atom. The highest BCUT2D eigenvalue weighted by Gasteiger charge is 2.18. The summed E-state index contributed by atoms with van der Waals surface area (Å²) >= 11 is 18.2. The highest BCUT2D eigenvalue weighted by Crippen LogP contribution is 2.24. The second-order valence-corrected chi connectivity index (χ2v) is 7.60. The SMILES string of the molecule is Cc1cc(=O)c(C(=O)Nc2ccccc2Cl)c(C)n1Cc1ccc(Cl)c(Cl)c1. The van der Waals surface area contributed by atoms with Crippen LogP contribution >= 0.6 is 34.8 Å². The molecule has 4 nitrogen and oxygen atoms in total. The zero-order chi connectivity index (χ0) is 20.4. The zero-order valence-electron chi connectivity index (χ0n) is 15.2. The number of aryl methyl sites for hydroxylation is 1. The molecule has 2 aromatic carbocycles. The van der Waals surface area contributed by atoms with Crippen LogP contribution < -0.4 is 10.7 Å². The maximum Gasteiger partial charge on any atom is 0.261 e. The number of hydrogen-bond donors (Lipinski definition) is 1. The summed E-state index contributed by atoms with van der Waals surface area (Å²) in [6.45, 7) is 4.01. The number of para-hydroxylation sites is 1. The van der Waals surface area contributed by atoms with Crippen molar-refractivity contribution in [3.63, 3.8) is 0 Å². The van der Waals surface area contributed by atoms with Crippen molar-refractivity contribution in [3.8, 4) is 0 Å². The number of halogens is 3. The maximum absolute atomic E-state index is 12.8. The van der Waals surface area contributed by atoms with Crippen molar-refractivity contribution in [1.82, 2.24) is 4.57 Å². The number of hydrogen-bond acceptors (Lipinski definition) is 2. The molecule has 1 aromatic heterocycles. The first-order valence-corrected chi connectivity index (χ1v) is 9.62. The second kappa shape index (κ2) is 8.39. The van der Waals surface area contributed by atoms with Crippen molar-refractivity contribution >= 4 is 46.4 Å². The largest absolute Gasteiger partial charge is 0.344 e. The van der Waals surface area contributed by atoms with E-state index < -0.39 is 5.91 Å². The number of anilines is 1. The maximum atomic E-state index is 12.8. The number of aromatic nitrogens is 1. The summed E-state index contributed by atoms with van der Waals surface area (Å²) in [7, 11) is 0. The smallest absolute Gasteiger partial charge is 0.261 e. The molecule has 0 saturated heterocycles. The molecule has 0 radical (unpaired) electrons. The van der Waals surface area contributed by atoms with E-state index in [-0.39, 0.29) is 11.0 Å². The van der Waals surface area contributed by atoms with Crippen LogP contribution in [-0.2, 0) is 6.54 Å². The standard InChI is InChI=1S/C21H17Cl3N2O2/c1-12-9-19(27)20(21(28)25-18-6-4-3-5-16(18)23)13(2)26(12)11-14-7-8-15(22)17(24)10-14/h3-10H,11H2,1-2H3,(H,25,28). The number of rotatable bonds is 4. The molecule has 0 aliphatic heterocycles. The monoisotopic (exact) mass is 434 g/mol. The summed E-state index contributed by atoms with van der Waals surface area (Å²) in [6.07, 6.45) is 0. The quantitative estimate of drug-likeness (QED) is 0.569. The van der Waals surface area contributed by atoms with Crippen LogP contribution in [0.3, 0.4) is 0 Å². The number of carbonyl (C=O) groups excluding carboxylic acids is 1. The van der Waals surface area contributed by atoms with Crippen LogP contribution in [0.15, 0.2) is 53.3 Å². The van der Waals surface area contributed by atoms with Gasteiger partial charge in [-0.2, -0.15) is 0 Å². The minimum Gasteiger partial charge on any atom is -0.344 e. The summed E-state index contributed by atoms with van der Waals surface area (Å²) in [5.74, 6) is -0.501. The molecule has 0 aliphatic rings. The second-order valence-electron chi connectivity index (χ2n) is 6.38. The van der Waals surface area contributed by atoms with E-state index in [0.717, 1.165) is 11.3 Å². The van der Waals surface area contributed by atoms with Crippen LogP contribution in [0.2, 0.25) is 15.1 Å². The van der Waals surface area contributed by atoms with Crippen molar-refractivity contribution in [2.45, 2.75) is 20.4 Å². The molecule has 1 amide bonds. The molecule has 0 saturated carbocycles. The van der Waals surface area contributed by atoms with Crippen molar-refractivity contribution in [1.29, 1.82) is 0 Å². The summed E-state index contributed by atoms with van der Waals surface area (Å²) < 4.78 is 1.89. The molecule has 0 spiro atoms. The topological polar surface area (TPSA) is 51.1 Å². The molecular weight excluding hydrogens is 419 g/mol. The van der Waals surface area contributed by atoms with Gasteiger partial charge in [0.25, 0.3) is 5.91 Å². The fourth-order valence-electron chi connectivity index (χ4n) is 3.01. The first kappa shape index (κ1) is 20.5. The Morgan fingerprint density at radius 2 is 1.68 bits per heavy atom. The van der Waals surface area contributed by atoms with E-state index in [9.17, 15) is 9.59 Å². The Bertz CT molecular complexity index is 1120. The van der Waals surface area contributed by atoms with E-state index in [1.54, 1.807) is 43.3 Å². The van der Waals surface area contributed by atoms with E-state index in [1.807, 2.05) is 17.6 Å². The van der Waals surface area contributed by atoms with Crippen LogP contribution in [0.4, 0.5) is 5.69 Å². The Labute approximate surface area is 177 Å². The average molecular weight is 436 g/mol. The molecule has 3 aromatic rings. The van der Waals surface area contributed by atoms with Gasteiger partial charge in [-0.3, -0.25) is 9.59 Å². The first-order chi connectivity index (χ1) is 13.3. The Morgan fingerprint density at radius 3 is 2.36 bits per heavy atom. The molecule has 7 heteroatoms. The Hall–Kier alpha value is -2.27. The summed E-state index contributed by atoms with van der Waals surface area (Å²) in [4.78, 5) is 25.3. The van der Waals surface area contributed by atoms with Gasteiger partial charge in [-0.25, -0.2) is 0 Å². The van der Waals surface area contributed by atoms with Gasteiger partial charge in [-0.1, -0.05) is 53.0 Å². The van der Waals surface area contributed by atoms with Crippen LogP contribution in [0.25, 0.3) is 0 Å². The van der Waals surface area contributed by atoms with Gasteiger partial charge in [0.1, 0.15) is 5.56 Å². The van der Waals surface area contributed by atoms with E-state index in [1.165, 1.54) is 6.07 Å². The molecule has 0 aliphatic carbocycles. The molecule has 0 unspecified atom stereocenters. The van der Waals surface area contributed by atoms with E-state index in [2.05, 4.69) is 5.32 Å². The number of pyridine rings is 1. The van der Waals surface area contributed by atoms with Crippen LogP contribution in [0.5, 0.6) is 0 Å². The van der Waals surface area contributed by atoms with Gasteiger partial charge in [-0.15, -0.1) is 0 Å². The summed E-state index contributed by atoms with van der Waals surface area (Å²) in [6, 6.07) is 13.7. The molecule has 0 fully saturated rings. The molecule has 1 N–H and O–H groups in total. The molecule has 1 heterocycles. The van der Waals surface area contributed by atoms with Crippen molar-refractivity contribution in [2.24, 2.45) is 0 Å². The van der Waals surface area contributed by atoms with Gasteiger partial charge < -0.3 is 9.88 Å². The fourth-order valence-corrected chi connectivity index (χ4v) is 3.51.